The van der Waals surface area contributed by atoms with Crippen LogP contribution in [0.15, 0.2) is 29.4 Å². The second-order valence-electron chi connectivity index (χ2n) is 5.47. The standard InChI is InChI=1S/C16H21FN2O3/c1-11(2)21-8-7-18-16(20)15-10-14(19-22-15)9-12-3-5-13(17)6-4-12/h3-6,11,15H,7-10H2,1-2H3,(H,18,20). The van der Waals surface area contributed by atoms with Gasteiger partial charge in [-0.05, 0) is 31.5 Å². The van der Waals surface area contributed by atoms with E-state index < -0.39 is 6.10 Å². The van der Waals surface area contributed by atoms with Crippen LogP contribution in [0.2, 0.25) is 0 Å². The molecule has 0 radical (unpaired) electrons. The van der Waals surface area contributed by atoms with Gasteiger partial charge in [0.05, 0.1) is 18.4 Å². The van der Waals surface area contributed by atoms with Crippen molar-refractivity contribution in [3.8, 4) is 0 Å². The van der Waals surface area contributed by atoms with Gasteiger partial charge in [0.2, 0.25) is 6.10 Å². The number of carbonyl (C=O) groups is 1. The van der Waals surface area contributed by atoms with Crippen LogP contribution in [0.1, 0.15) is 25.8 Å². The fraction of sp³-hybridized carbons (Fsp3) is 0.500. The molecule has 1 atom stereocenters. The normalized spacial score (nSPS) is 17.3. The van der Waals surface area contributed by atoms with E-state index in [4.69, 9.17) is 9.57 Å². The Morgan fingerprint density at radius 3 is 2.86 bits per heavy atom. The van der Waals surface area contributed by atoms with Crippen LogP contribution in [-0.2, 0) is 20.8 Å². The number of nitrogens with one attached hydrogen (secondary N) is 1. The number of rotatable bonds is 7. The number of nitrogens with zero attached hydrogens (tertiary/aromatic N) is 1. The van der Waals surface area contributed by atoms with Crippen LogP contribution in [0.3, 0.4) is 0 Å². The molecule has 1 aliphatic heterocycles. The third kappa shape index (κ3) is 5.11. The molecule has 0 spiro atoms. The summed E-state index contributed by atoms with van der Waals surface area (Å²) in [6.07, 6.45) is 0.564. The first-order valence-electron chi connectivity index (χ1n) is 7.40. The summed E-state index contributed by atoms with van der Waals surface area (Å²) in [5, 5.41) is 6.70. The van der Waals surface area contributed by atoms with E-state index in [1.807, 2.05) is 13.8 Å². The van der Waals surface area contributed by atoms with Gasteiger partial charge in [0.25, 0.3) is 5.91 Å². The lowest BCUT2D eigenvalue weighted by molar-refractivity contribution is -0.131. The van der Waals surface area contributed by atoms with E-state index in [2.05, 4.69) is 10.5 Å². The van der Waals surface area contributed by atoms with E-state index in [9.17, 15) is 9.18 Å². The zero-order valence-electron chi connectivity index (χ0n) is 12.8. The highest BCUT2D eigenvalue weighted by Crippen LogP contribution is 2.15. The van der Waals surface area contributed by atoms with Gasteiger partial charge < -0.3 is 14.9 Å². The predicted octanol–water partition coefficient (Wildman–Crippen LogP) is 2.05. The molecule has 6 heteroatoms. The first-order chi connectivity index (χ1) is 10.5. The fourth-order valence-corrected chi connectivity index (χ4v) is 2.09. The minimum Gasteiger partial charge on any atom is -0.382 e. The number of hydrogen-bond acceptors (Lipinski definition) is 4. The summed E-state index contributed by atoms with van der Waals surface area (Å²) in [4.78, 5) is 17.1. The van der Waals surface area contributed by atoms with Crippen molar-refractivity contribution in [1.82, 2.24) is 5.32 Å². The van der Waals surface area contributed by atoms with Gasteiger partial charge in [-0.1, -0.05) is 17.3 Å². The van der Waals surface area contributed by atoms with Crippen LogP contribution in [0.5, 0.6) is 0 Å². The maximum Gasteiger partial charge on any atom is 0.264 e. The Morgan fingerprint density at radius 1 is 1.45 bits per heavy atom. The Morgan fingerprint density at radius 2 is 2.18 bits per heavy atom. The third-order valence-electron chi connectivity index (χ3n) is 3.20. The number of ether oxygens (including phenoxy) is 1. The van der Waals surface area contributed by atoms with Gasteiger partial charge in [0.15, 0.2) is 0 Å². The molecule has 5 nitrogen and oxygen atoms in total. The lowest BCUT2D eigenvalue weighted by atomic mass is 10.0. The Hall–Kier alpha value is -1.95. The molecule has 120 valence electrons. The monoisotopic (exact) mass is 308 g/mol. The van der Waals surface area contributed by atoms with Crippen molar-refractivity contribution >= 4 is 11.6 Å². The molecular weight excluding hydrogens is 287 g/mol. The predicted molar refractivity (Wildman–Crippen MR) is 81.1 cm³/mol. The minimum atomic E-state index is -0.588. The molecular formula is C16H21FN2O3. The zero-order valence-corrected chi connectivity index (χ0v) is 12.8. The summed E-state index contributed by atoms with van der Waals surface area (Å²) >= 11 is 0. The smallest absolute Gasteiger partial charge is 0.264 e. The maximum atomic E-state index is 12.8. The van der Waals surface area contributed by atoms with Crippen LogP contribution >= 0.6 is 0 Å². The number of benzene rings is 1. The van der Waals surface area contributed by atoms with Crippen LogP contribution in [0.25, 0.3) is 0 Å². The van der Waals surface area contributed by atoms with Crippen molar-refractivity contribution in [2.45, 2.75) is 38.9 Å². The maximum absolute atomic E-state index is 12.8. The Labute approximate surface area is 129 Å². The molecule has 2 rings (SSSR count). The number of oxime groups is 1. The summed E-state index contributed by atoms with van der Waals surface area (Å²) in [6, 6.07) is 6.22. The molecule has 1 aromatic carbocycles. The molecule has 1 aromatic rings. The SMILES string of the molecule is CC(C)OCCNC(=O)C1CC(Cc2ccc(F)cc2)=NO1. The van der Waals surface area contributed by atoms with Crippen LogP contribution in [0, 0.1) is 5.82 Å². The summed E-state index contributed by atoms with van der Waals surface area (Å²) in [7, 11) is 0. The van der Waals surface area contributed by atoms with Crippen molar-refractivity contribution in [3.05, 3.63) is 35.6 Å². The zero-order chi connectivity index (χ0) is 15.9. The highest BCUT2D eigenvalue weighted by atomic mass is 19.1. The Balaban J connectivity index is 1.72. The second kappa shape index (κ2) is 7.89. The first-order valence-corrected chi connectivity index (χ1v) is 7.40. The van der Waals surface area contributed by atoms with Crippen LogP contribution in [0.4, 0.5) is 4.39 Å². The molecule has 0 saturated carbocycles. The van der Waals surface area contributed by atoms with E-state index in [0.717, 1.165) is 11.3 Å². The number of hydrogen-bond donors (Lipinski definition) is 1. The van der Waals surface area contributed by atoms with E-state index >= 15 is 0 Å². The van der Waals surface area contributed by atoms with Gasteiger partial charge >= 0.3 is 0 Å². The lowest BCUT2D eigenvalue weighted by Gasteiger charge is -2.11. The van der Waals surface area contributed by atoms with Gasteiger partial charge in [-0.25, -0.2) is 4.39 Å². The summed E-state index contributed by atoms with van der Waals surface area (Å²) in [5.74, 6) is -0.459. The molecule has 1 N–H and O–H groups in total. The largest absolute Gasteiger partial charge is 0.382 e. The summed E-state index contributed by atoms with van der Waals surface area (Å²) in [6.45, 7) is 4.80. The molecule has 0 aromatic heterocycles. The third-order valence-corrected chi connectivity index (χ3v) is 3.20. The molecule has 0 aliphatic carbocycles. The number of amides is 1. The number of halogens is 1. The average Bonchev–Trinajstić information content (AvgIpc) is 2.94. The van der Waals surface area contributed by atoms with Gasteiger partial charge in [-0.3, -0.25) is 4.79 Å². The van der Waals surface area contributed by atoms with Crippen LogP contribution < -0.4 is 5.32 Å². The summed E-state index contributed by atoms with van der Waals surface area (Å²) < 4.78 is 18.2. The van der Waals surface area contributed by atoms with E-state index in [-0.39, 0.29) is 17.8 Å². The van der Waals surface area contributed by atoms with Crippen molar-refractivity contribution in [3.63, 3.8) is 0 Å². The van der Waals surface area contributed by atoms with Crippen molar-refractivity contribution in [2.24, 2.45) is 5.16 Å². The van der Waals surface area contributed by atoms with Crippen molar-refractivity contribution in [2.75, 3.05) is 13.2 Å². The second-order valence-corrected chi connectivity index (χ2v) is 5.47. The molecule has 1 amide bonds. The highest BCUT2D eigenvalue weighted by Gasteiger charge is 2.27. The molecule has 0 saturated heterocycles. The van der Waals surface area contributed by atoms with Crippen molar-refractivity contribution in [1.29, 1.82) is 0 Å². The van der Waals surface area contributed by atoms with Gasteiger partial charge in [-0.15, -0.1) is 0 Å². The molecule has 1 heterocycles. The minimum absolute atomic E-state index is 0.144. The molecule has 22 heavy (non-hydrogen) atoms. The molecule has 1 aliphatic rings. The van der Waals surface area contributed by atoms with Crippen LogP contribution in [-0.4, -0.2) is 37.0 Å². The van der Waals surface area contributed by atoms with Crippen molar-refractivity contribution < 1.29 is 18.8 Å². The highest BCUT2D eigenvalue weighted by molar-refractivity contribution is 5.93. The summed E-state index contributed by atoms with van der Waals surface area (Å²) in [5.41, 5.74) is 1.72. The Bertz CT molecular complexity index is 529. The average molecular weight is 308 g/mol. The lowest BCUT2D eigenvalue weighted by Crippen LogP contribution is -2.37. The molecule has 0 bridgehead atoms. The first kappa shape index (κ1) is 16.4. The van der Waals surface area contributed by atoms with Gasteiger partial charge in [0, 0.05) is 19.4 Å². The van der Waals surface area contributed by atoms with Gasteiger partial charge in [0.1, 0.15) is 5.82 Å². The Kier molecular flexibility index (Phi) is 5.89. The molecule has 1 unspecified atom stereocenters. The topological polar surface area (TPSA) is 59.9 Å². The fourth-order valence-electron chi connectivity index (χ4n) is 2.09. The number of carbonyl (C=O) groups excluding carboxylic acids is 1. The molecule has 0 fully saturated rings. The quantitative estimate of drug-likeness (QED) is 0.784. The van der Waals surface area contributed by atoms with Gasteiger partial charge in [-0.2, -0.15) is 0 Å². The van der Waals surface area contributed by atoms with E-state index in [1.165, 1.54) is 12.1 Å². The van der Waals surface area contributed by atoms with E-state index in [1.54, 1.807) is 12.1 Å². The van der Waals surface area contributed by atoms with E-state index in [0.29, 0.717) is 26.0 Å².